The second-order valence-corrected chi connectivity index (χ2v) is 7.95. The van der Waals surface area contributed by atoms with Crippen molar-refractivity contribution in [3.8, 4) is 11.1 Å². The van der Waals surface area contributed by atoms with Crippen molar-refractivity contribution < 1.29 is 13.6 Å². The third-order valence-electron chi connectivity index (χ3n) is 5.86. The van der Waals surface area contributed by atoms with Gasteiger partial charge in [-0.25, -0.2) is 4.79 Å². The summed E-state index contributed by atoms with van der Waals surface area (Å²) in [4.78, 5) is 29.2. The fourth-order valence-corrected chi connectivity index (χ4v) is 4.06. The molecule has 0 aliphatic carbocycles. The van der Waals surface area contributed by atoms with Crippen molar-refractivity contribution in [3.63, 3.8) is 0 Å². The number of hydrogen-bond donors (Lipinski definition) is 1. The molecule has 1 N–H and O–H groups in total. The molecule has 0 saturated carbocycles. The molecule has 0 unspecified atom stereocenters. The fourth-order valence-electron chi connectivity index (χ4n) is 4.06. The first-order valence-electron chi connectivity index (χ1n) is 10.8. The summed E-state index contributed by atoms with van der Waals surface area (Å²) in [6, 6.07) is 19.3. The number of pyridine rings is 1. The molecule has 164 valence electrons. The Morgan fingerprint density at radius 1 is 1.00 bits per heavy atom. The molecule has 0 saturated heterocycles. The van der Waals surface area contributed by atoms with E-state index in [1.807, 2.05) is 61.5 Å². The van der Waals surface area contributed by atoms with Gasteiger partial charge in [-0.1, -0.05) is 36.4 Å². The second-order valence-electron chi connectivity index (χ2n) is 7.95. The molecular formula is C27H22N2O4. The van der Waals surface area contributed by atoms with Crippen LogP contribution in [-0.2, 0) is 17.8 Å². The highest BCUT2D eigenvalue weighted by molar-refractivity contribution is 6.02. The molecule has 0 radical (unpaired) electrons. The molecule has 33 heavy (non-hydrogen) atoms. The van der Waals surface area contributed by atoms with Gasteiger partial charge in [0.25, 0.3) is 0 Å². The average molecular weight is 438 g/mol. The number of furan rings is 1. The van der Waals surface area contributed by atoms with E-state index in [0.717, 1.165) is 33.2 Å². The maximum Gasteiger partial charge on any atom is 0.339 e. The van der Waals surface area contributed by atoms with E-state index < -0.39 is 5.63 Å². The van der Waals surface area contributed by atoms with Gasteiger partial charge in [-0.15, -0.1) is 0 Å². The molecule has 2 aromatic carbocycles. The molecule has 0 atom stereocenters. The molecular weight excluding hydrogens is 416 g/mol. The zero-order chi connectivity index (χ0) is 22.8. The van der Waals surface area contributed by atoms with Gasteiger partial charge in [0, 0.05) is 40.6 Å². The fraction of sp³-hybridized carbons (Fsp3) is 0.148. The van der Waals surface area contributed by atoms with E-state index in [9.17, 15) is 9.59 Å². The summed E-state index contributed by atoms with van der Waals surface area (Å²) in [5.41, 5.74) is 4.86. The molecule has 0 spiro atoms. The van der Waals surface area contributed by atoms with Crippen molar-refractivity contribution in [1.82, 2.24) is 10.3 Å². The van der Waals surface area contributed by atoms with Crippen LogP contribution in [0.3, 0.4) is 0 Å². The quantitative estimate of drug-likeness (QED) is 0.370. The van der Waals surface area contributed by atoms with Gasteiger partial charge in [0.15, 0.2) is 0 Å². The maximum absolute atomic E-state index is 12.7. The molecule has 0 aliphatic rings. The van der Waals surface area contributed by atoms with Gasteiger partial charge in [-0.2, -0.15) is 0 Å². The van der Waals surface area contributed by atoms with Crippen LogP contribution in [0.5, 0.6) is 0 Å². The van der Waals surface area contributed by atoms with Gasteiger partial charge in [0.1, 0.15) is 11.2 Å². The summed E-state index contributed by atoms with van der Waals surface area (Å²) in [5, 5.41) is 4.63. The van der Waals surface area contributed by atoms with Crippen LogP contribution in [-0.4, -0.2) is 10.9 Å². The lowest BCUT2D eigenvalue weighted by atomic mass is 9.99. The molecule has 1 amide bonds. The topological polar surface area (TPSA) is 85.3 Å². The van der Waals surface area contributed by atoms with Crippen LogP contribution in [0.15, 0.2) is 86.8 Å². The number of aryl methyl sites for hydroxylation is 1. The summed E-state index contributed by atoms with van der Waals surface area (Å²) in [7, 11) is 0. The molecule has 5 rings (SSSR count). The van der Waals surface area contributed by atoms with Crippen molar-refractivity contribution in [1.29, 1.82) is 0 Å². The minimum atomic E-state index is -0.424. The highest BCUT2D eigenvalue weighted by Crippen LogP contribution is 2.34. The maximum atomic E-state index is 12.7. The number of carbonyl (C=O) groups is 1. The van der Waals surface area contributed by atoms with Gasteiger partial charge in [-0.3, -0.25) is 9.78 Å². The van der Waals surface area contributed by atoms with Crippen LogP contribution in [0.1, 0.15) is 23.2 Å². The average Bonchev–Trinajstić information content (AvgIpc) is 3.25. The Hall–Kier alpha value is -4.19. The van der Waals surface area contributed by atoms with Crippen LogP contribution >= 0.6 is 0 Å². The predicted octanol–water partition coefficient (Wildman–Crippen LogP) is 5.16. The Kier molecular flexibility index (Phi) is 5.48. The van der Waals surface area contributed by atoms with E-state index in [-0.39, 0.29) is 12.3 Å². The zero-order valence-electron chi connectivity index (χ0n) is 18.1. The Morgan fingerprint density at radius 3 is 2.61 bits per heavy atom. The Bertz CT molecular complexity index is 1500. The van der Waals surface area contributed by atoms with Crippen molar-refractivity contribution in [2.75, 3.05) is 0 Å². The standard InChI is InChI=1S/C27H22N2O4/c1-17-20(10-11-26(30)29-15-19-9-5-6-12-28-19)27(31)33-25-14-24-22(13-21(17)25)23(16-32-24)18-7-3-2-4-8-18/h2-9,12-14,16H,10-11,15H2,1H3,(H,29,30). The molecule has 3 heterocycles. The monoisotopic (exact) mass is 438 g/mol. The van der Waals surface area contributed by atoms with E-state index in [4.69, 9.17) is 8.83 Å². The normalized spacial score (nSPS) is 11.2. The highest BCUT2D eigenvalue weighted by Gasteiger charge is 2.16. The largest absolute Gasteiger partial charge is 0.464 e. The minimum Gasteiger partial charge on any atom is -0.464 e. The first-order valence-corrected chi connectivity index (χ1v) is 10.8. The smallest absolute Gasteiger partial charge is 0.339 e. The van der Waals surface area contributed by atoms with Crippen LogP contribution in [0.25, 0.3) is 33.1 Å². The zero-order valence-corrected chi connectivity index (χ0v) is 18.1. The lowest BCUT2D eigenvalue weighted by molar-refractivity contribution is -0.121. The Balaban J connectivity index is 1.42. The lowest BCUT2D eigenvalue weighted by Gasteiger charge is -2.09. The number of carbonyl (C=O) groups excluding carboxylic acids is 1. The summed E-state index contributed by atoms with van der Waals surface area (Å²) in [6.07, 6.45) is 3.89. The first-order chi connectivity index (χ1) is 16.1. The van der Waals surface area contributed by atoms with Gasteiger partial charge >= 0.3 is 5.63 Å². The van der Waals surface area contributed by atoms with Crippen LogP contribution in [0.4, 0.5) is 0 Å². The minimum absolute atomic E-state index is 0.142. The van der Waals surface area contributed by atoms with Crippen molar-refractivity contribution in [3.05, 3.63) is 100 Å². The van der Waals surface area contributed by atoms with Gasteiger partial charge in [0.2, 0.25) is 5.91 Å². The Morgan fingerprint density at radius 2 is 1.82 bits per heavy atom. The van der Waals surface area contributed by atoms with E-state index in [1.54, 1.807) is 18.5 Å². The van der Waals surface area contributed by atoms with Gasteiger partial charge < -0.3 is 14.2 Å². The number of nitrogens with zero attached hydrogens (tertiary/aromatic N) is 1. The van der Waals surface area contributed by atoms with Crippen LogP contribution < -0.4 is 10.9 Å². The molecule has 0 aliphatic heterocycles. The van der Waals surface area contributed by atoms with E-state index >= 15 is 0 Å². The summed E-state index contributed by atoms with van der Waals surface area (Å²) < 4.78 is 11.3. The third-order valence-corrected chi connectivity index (χ3v) is 5.86. The number of benzene rings is 2. The number of hydrogen-bond acceptors (Lipinski definition) is 5. The number of nitrogens with one attached hydrogen (secondary N) is 1. The lowest BCUT2D eigenvalue weighted by Crippen LogP contribution is -2.24. The summed E-state index contributed by atoms with van der Waals surface area (Å²) in [5.74, 6) is -0.142. The third kappa shape index (κ3) is 4.15. The Labute approximate surface area is 189 Å². The first kappa shape index (κ1) is 20.7. The van der Waals surface area contributed by atoms with Gasteiger partial charge in [-0.05, 0) is 42.7 Å². The number of rotatable bonds is 6. The SMILES string of the molecule is Cc1c(CCC(=O)NCc2ccccn2)c(=O)oc2cc3occ(-c4ccccc4)c3cc12. The highest BCUT2D eigenvalue weighted by atomic mass is 16.4. The molecule has 3 aromatic heterocycles. The number of amides is 1. The van der Waals surface area contributed by atoms with E-state index in [0.29, 0.717) is 29.7 Å². The van der Waals surface area contributed by atoms with Crippen LogP contribution in [0.2, 0.25) is 0 Å². The van der Waals surface area contributed by atoms with Crippen molar-refractivity contribution in [2.45, 2.75) is 26.3 Å². The van der Waals surface area contributed by atoms with Crippen molar-refractivity contribution in [2.24, 2.45) is 0 Å². The van der Waals surface area contributed by atoms with Crippen LogP contribution in [0, 0.1) is 6.92 Å². The number of aromatic nitrogens is 1. The molecule has 0 bridgehead atoms. The molecule has 0 fully saturated rings. The molecule has 6 heteroatoms. The van der Waals surface area contributed by atoms with Gasteiger partial charge in [0.05, 0.1) is 18.5 Å². The summed E-state index contributed by atoms with van der Waals surface area (Å²) in [6.45, 7) is 2.25. The molecule has 5 aromatic rings. The second kappa shape index (κ2) is 8.74. The van der Waals surface area contributed by atoms with Crippen molar-refractivity contribution >= 4 is 27.8 Å². The summed E-state index contributed by atoms with van der Waals surface area (Å²) >= 11 is 0. The molecule has 6 nitrogen and oxygen atoms in total. The number of fused-ring (bicyclic) bond motifs is 2. The van der Waals surface area contributed by atoms with E-state index in [1.165, 1.54) is 0 Å². The predicted molar refractivity (Wildman–Crippen MR) is 127 cm³/mol. The van der Waals surface area contributed by atoms with E-state index in [2.05, 4.69) is 10.3 Å².